The number of carbonyl (C=O) groups is 1. The molecule has 0 atom stereocenters. The SMILES string of the molecule is Cc1ncc(-c2cc3c(C(N)=O)c(-c4c(C)ccc(O)c4C)cnc3[nH]2)cn1. The molecule has 0 radical (unpaired) electrons. The van der Waals surface area contributed by atoms with E-state index in [4.69, 9.17) is 5.73 Å². The van der Waals surface area contributed by atoms with Crippen LogP contribution in [-0.4, -0.2) is 30.9 Å². The fourth-order valence-corrected chi connectivity index (χ4v) is 3.47. The Kier molecular flexibility index (Phi) is 4.07. The minimum atomic E-state index is -0.560. The van der Waals surface area contributed by atoms with E-state index in [2.05, 4.69) is 19.9 Å². The van der Waals surface area contributed by atoms with Crippen LogP contribution >= 0.6 is 0 Å². The van der Waals surface area contributed by atoms with Crippen LogP contribution in [0.3, 0.4) is 0 Å². The number of H-pyrrole nitrogens is 1. The smallest absolute Gasteiger partial charge is 0.250 e. The lowest BCUT2D eigenvalue weighted by Gasteiger charge is -2.14. The van der Waals surface area contributed by atoms with E-state index in [1.807, 2.05) is 19.9 Å². The number of rotatable bonds is 3. The van der Waals surface area contributed by atoms with E-state index >= 15 is 0 Å². The van der Waals surface area contributed by atoms with Crippen LogP contribution in [0.5, 0.6) is 5.75 Å². The molecule has 28 heavy (non-hydrogen) atoms. The molecule has 0 aliphatic carbocycles. The van der Waals surface area contributed by atoms with Crippen LogP contribution in [0.1, 0.15) is 27.3 Å². The van der Waals surface area contributed by atoms with E-state index < -0.39 is 5.91 Å². The van der Waals surface area contributed by atoms with Gasteiger partial charge in [-0.05, 0) is 49.6 Å². The van der Waals surface area contributed by atoms with Crippen molar-refractivity contribution in [2.45, 2.75) is 20.8 Å². The Balaban J connectivity index is 2.00. The number of hydrogen-bond donors (Lipinski definition) is 3. The van der Waals surface area contributed by atoms with Crippen molar-refractivity contribution in [1.29, 1.82) is 0 Å². The number of pyridine rings is 1. The monoisotopic (exact) mass is 373 g/mol. The van der Waals surface area contributed by atoms with E-state index in [9.17, 15) is 9.90 Å². The molecule has 3 aromatic heterocycles. The molecule has 7 heteroatoms. The number of carbonyl (C=O) groups excluding carboxylic acids is 1. The molecule has 4 aromatic rings. The molecule has 3 heterocycles. The van der Waals surface area contributed by atoms with E-state index in [-0.39, 0.29) is 5.75 Å². The van der Waals surface area contributed by atoms with Gasteiger partial charge in [-0.2, -0.15) is 0 Å². The maximum absolute atomic E-state index is 12.4. The van der Waals surface area contributed by atoms with Crippen LogP contribution in [0, 0.1) is 20.8 Å². The molecule has 0 spiro atoms. The van der Waals surface area contributed by atoms with Crippen LogP contribution in [0.25, 0.3) is 33.4 Å². The Morgan fingerprint density at radius 1 is 1.07 bits per heavy atom. The van der Waals surface area contributed by atoms with Crippen LogP contribution in [0.2, 0.25) is 0 Å². The highest BCUT2D eigenvalue weighted by Gasteiger charge is 2.21. The zero-order chi connectivity index (χ0) is 20.0. The van der Waals surface area contributed by atoms with Crippen LogP contribution in [0.15, 0.2) is 36.8 Å². The van der Waals surface area contributed by atoms with Crippen molar-refractivity contribution >= 4 is 16.9 Å². The molecule has 4 N–H and O–H groups in total. The third-order valence-electron chi connectivity index (χ3n) is 4.91. The Hall–Kier alpha value is -3.74. The Morgan fingerprint density at radius 2 is 1.79 bits per heavy atom. The molecule has 140 valence electrons. The Bertz CT molecular complexity index is 1230. The van der Waals surface area contributed by atoms with Gasteiger partial charge in [0.1, 0.15) is 17.2 Å². The van der Waals surface area contributed by atoms with Crippen LogP contribution in [-0.2, 0) is 0 Å². The quantitative estimate of drug-likeness (QED) is 0.508. The highest BCUT2D eigenvalue weighted by atomic mass is 16.3. The van der Waals surface area contributed by atoms with Crippen molar-refractivity contribution in [3.05, 3.63) is 59.3 Å². The number of nitrogens with one attached hydrogen (secondary N) is 1. The third kappa shape index (κ3) is 2.77. The summed E-state index contributed by atoms with van der Waals surface area (Å²) in [4.78, 5) is 28.5. The predicted octanol–water partition coefficient (Wildman–Crippen LogP) is 3.42. The molecule has 0 unspecified atom stereocenters. The largest absolute Gasteiger partial charge is 0.508 e. The lowest BCUT2D eigenvalue weighted by atomic mass is 9.91. The van der Waals surface area contributed by atoms with Gasteiger partial charge in [-0.25, -0.2) is 15.0 Å². The van der Waals surface area contributed by atoms with Crippen molar-refractivity contribution in [2.75, 3.05) is 0 Å². The van der Waals surface area contributed by atoms with Gasteiger partial charge in [-0.15, -0.1) is 0 Å². The van der Waals surface area contributed by atoms with Crippen LogP contribution < -0.4 is 5.73 Å². The van der Waals surface area contributed by atoms with E-state index in [1.54, 1.807) is 37.6 Å². The second kappa shape index (κ2) is 6.45. The fraction of sp³-hybridized carbons (Fsp3) is 0.143. The molecule has 0 saturated heterocycles. The third-order valence-corrected chi connectivity index (χ3v) is 4.91. The lowest BCUT2D eigenvalue weighted by molar-refractivity contribution is 0.100. The second-order valence-electron chi connectivity index (χ2n) is 6.78. The minimum absolute atomic E-state index is 0.155. The van der Waals surface area contributed by atoms with E-state index in [1.165, 1.54) is 0 Å². The van der Waals surface area contributed by atoms with Gasteiger partial charge < -0.3 is 15.8 Å². The van der Waals surface area contributed by atoms with Crippen molar-refractivity contribution < 1.29 is 9.90 Å². The number of aryl methyl sites for hydroxylation is 2. The number of aromatic nitrogens is 4. The predicted molar refractivity (Wildman–Crippen MR) is 107 cm³/mol. The number of primary amides is 1. The van der Waals surface area contributed by atoms with Gasteiger partial charge in [0.2, 0.25) is 5.91 Å². The lowest BCUT2D eigenvalue weighted by Crippen LogP contribution is -2.14. The van der Waals surface area contributed by atoms with E-state index in [0.717, 1.165) is 22.4 Å². The zero-order valence-electron chi connectivity index (χ0n) is 15.7. The number of aromatic hydroxyl groups is 1. The zero-order valence-corrected chi connectivity index (χ0v) is 15.7. The van der Waals surface area contributed by atoms with Gasteiger partial charge in [0, 0.05) is 35.1 Å². The Labute approximate surface area is 161 Å². The van der Waals surface area contributed by atoms with Crippen molar-refractivity contribution in [3.63, 3.8) is 0 Å². The molecule has 1 amide bonds. The number of aromatic amines is 1. The summed E-state index contributed by atoms with van der Waals surface area (Å²) < 4.78 is 0. The second-order valence-corrected chi connectivity index (χ2v) is 6.78. The van der Waals surface area contributed by atoms with Gasteiger partial charge in [-0.3, -0.25) is 4.79 Å². The molecule has 0 aliphatic heterocycles. The van der Waals surface area contributed by atoms with Gasteiger partial charge >= 0.3 is 0 Å². The number of amides is 1. The standard InChI is InChI=1S/C21H19N5O2/c1-10-4-5-17(27)11(2)18(10)15-9-25-21-14(19(15)20(22)28)6-16(26-21)13-7-23-12(3)24-8-13/h4-9,27H,1-3H3,(H2,22,28)(H,25,26). The highest BCUT2D eigenvalue weighted by Crippen LogP contribution is 2.37. The van der Waals surface area contributed by atoms with E-state index in [0.29, 0.717) is 33.5 Å². The average Bonchev–Trinajstić information content (AvgIpc) is 3.09. The summed E-state index contributed by atoms with van der Waals surface area (Å²) in [7, 11) is 0. The maximum Gasteiger partial charge on any atom is 0.250 e. The Morgan fingerprint density at radius 3 is 2.46 bits per heavy atom. The van der Waals surface area contributed by atoms with Gasteiger partial charge in [0.15, 0.2) is 0 Å². The molecule has 0 bridgehead atoms. The summed E-state index contributed by atoms with van der Waals surface area (Å²) in [5.74, 6) is 0.269. The number of fused-ring (bicyclic) bond motifs is 1. The normalized spacial score (nSPS) is 11.1. The summed E-state index contributed by atoms with van der Waals surface area (Å²) in [5, 5.41) is 10.8. The molecule has 4 rings (SSSR count). The first-order chi connectivity index (χ1) is 13.4. The average molecular weight is 373 g/mol. The van der Waals surface area contributed by atoms with Crippen molar-refractivity contribution in [1.82, 2.24) is 19.9 Å². The van der Waals surface area contributed by atoms with Crippen molar-refractivity contribution in [2.24, 2.45) is 5.73 Å². The molecule has 0 aliphatic rings. The summed E-state index contributed by atoms with van der Waals surface area (Å²) in [6.45, 7) is 5.54. The highest BCUT2D eigenvalue weighted by molar-refractivity contribution is 6.11. The van der Waals surface area contributed by atoms with Crippen molar-refractivity contribution in [3.8, 4) is 28.1 Å². The molecule has 0 fully saturated rings. The summed E-state index contributed by atoms with van der Waals surface area (Å²) in [6.07, 6.45) is 5.03. The minimum Gasteiger partial charge on any atom is -0.508 e. The molecule has 0 saturated carbocycles. The number of nitrogens with zero attached hydrogens (tertiary/aromatic N) is 3. The van der Waals surface area contributed by atoms with Gasteiger partial charge in [-0.1, -0.05) is 6.07 Å². The first kappa shape index (κ1) is 17.7. The fourth-order valence-electron chi connectivity index (χ4n) is 3.47. The number of phenols is 1. The molecular weight excluding hydrogens is 354 g/mol. The number of benzene rings is 1. The molecular formula is C21H19N5O2. The van der Waals surface area contributed by atoms with Gasteiger partial charge in [0.05, 0.1) is 11.3 Å². The maximum atomic E-state index is 12.4. The molecule has 7 nitrogen and oxygen atoms in total. The summed E-state index contributed by atoms with van der Waals surface area (Å²) in [6, 6.07) is 5.27. The number of hydrogen-bond acceptors (Lipinski definition) is 5. The number of phenolic OH excluding ortho intramolecular Hbond substituents is 1. The summed E-state index contributed by atoms with van der Waals surface area (Å²) in [5.41, 5.74) is 11.1. The molecule has 1 aromatic carbocycles. The first-order valence-electron chi connectivity index (χ1n) is 8.77. The first-order valence-corrected chi connectivity index (χ1v) is 8.77. The summed E-state index contributed by atoms with van der Waals surface area (Å²) >= 11 is 0. The number of nitrogens with two attached hydrogens (primary N) is 1. The van der Waals surface area contributed by atoms with Gasteiger partial charge in [0.25, 0.3) is 0 Å². The van der Waals surface area contributed by atoms with Crippen LogP contribution in [0.4, 0.5) is 0 Å². The topological polar surface area (TPSA) is 118 Å².